The van der Waals surface area contributed by atoms with Crippen molar-refractivity contribution in [3.8, 4) is 11.5 Å². The summed E-state index contributed by atoms with van der Waals surface area (Å²) in [6.07, 6.45) is 0. The molecular weight excluding hydrogens is 418 g/mol. The third-order valence-corrected chi connectivity index (χ3v) is 5.58. The lowest BCUT2D eigenvalue weighted by Crippen LogP contribution is -2.29. The monoisotopic (exact) mass is 443 g/mol. The minimum Gasteiger partial charge on any atom is -0.507 e. The molecule has 1 heterocycles. The molecule has 0 spiro atoms. The van der Waals surface area contributed by atoms with E-state index in [-0.39, 0.29) is 17.9 Å². The first kappa shape index (κ1) is 22.1. The Balaban J connectivity index is 1.83. The molecule has 0 bridgehead atoms. The molecule has 1 aliphatic rings. The van der Waals surface area contributed by atoms with Gasteiger partial charge in [0.1, 0.15) is 17.3 Å². The molecule has 1 N–H and O–H groups in total. The minimum atomic E-state index is -0.757. The van der Waals surface area contributed by atoms with Gasteiger partial charge in [-0.05, 0) is 42.3 Å². The SMILES string of the molecule is CCOc1cccc(C2/C(=C(/O)c3ccccc3)C(=O)C(=O)N2Cc2ccc(OC)cc2)c1. The Labute approximate surface area is 192 Å². The van der Waals surface area contributed by atoms with E-state index >= 15 is 0 Å². The van der Waals surface area contributed by atoms with Crippen LogP contribution in [0.2, 0.25) is 0 Å². The van der Waals surface area contributed by atoms with Gasteiger partial charge in [0.05, 0.1) is 25.3 Å². The molecule has 0 aromatic heterocycles. The number of methoxy groups -OCH3 is 1. The van der Waals surface area contributed by atoms with Crippen LogP contribution in [0.4, 0.5) is 0 Å². The number of rotatable bonds is 7. The number of nitrogens with zero attached hydrogens (tertiary/aromatic N) is 1. The van der Waals surface area contributed by atoms with E-state index in [1.165, 1.54) is 4.90 Å². The standard InChI is InChI=1S/C27H25NO5/c1-3-33-22-11-7-10-20(16-22)24-23(25(29)19-8-5-4-6-9-19)26(30)27(31)28(24)17-18-12-14-21(32-2)15-13-18/h4-16,24,29H,3,17H2,1-2H3/b25-23-. The predicted octanol–water partition coefficient (Wildman–Crippen LogP) is 4.72. The predicted molar refractivity (Wildman–Crippen MR) is 125 cm³/mol. The van der Waals surface area contributed by atoms with Gasteiger partial charge in [-0.1, -0.05) is 54.6 Å². The topological polar surface area (TPSA) is 76.1 Å². The van der Waals surface area contributed by atoms with Crippen LogP contribution in [0, 0.1) is 0 Å². The Morgan fingerprint density at radius 3 is 2.33 bits per heavy atom. The van der Waals surface area contributed by atoms with Crippen molar-refractivity contribution in [2.75, 3.05) is 13.7 Å². The number of aliphatic hydroxyl groups excluding tert-OH is 1. The third kappa shape index (κ3) is 4.46. The van der Waals surface area contributed by atoms with E-state index in [0.29, 0.717) is 29.2 Å². The van der Waals surface area contributed by atoms with Crippen molar-refractivity contribution in [1.29, 1.82) is 0 Å². The van der Waals surface area contributed by atoms with E-state index in [2.05, 4.69) is 0 Å². The number of ether oxygens (including phenoxy) is 2. The van der Waals surface area contributed by atoms with Gasteiger partial charge in [-0.25, -0.2) is 0 Å². The molecule has 6 nitrogen and oxygen atoms in total. The fourth-order valence-electron chi connectivity index (χ4n) is 4.01. The molecule has 1 aliphatic heterocycles. The van der Waals surface area contributed by atoms with Gasteiger partial charge in [-0.2, -0.15) is 0 Å². The van der Waals surface area contributed by atoms with Crippen LogP contribution in [0.25, 0.3) is 5.76 Å². The summed E-state index contributed by atoms with van der Waals surface area (Å²) < 4.78 is 10.9. The minimum absolute atomic E-state index is 0.0633. The molecule has 0 radical (unpaired) electrons. The zero-order valence-electron chi connectivity index (χ0n) is 18.5. The van der Waals surface area contributed by atoms with Crippen LogP contribution in [0.5, 0.6) is 11.5 Å². The average molecular weight is 443 g/mol. The highest BCUT2D eigenvalue weighted by Crippen LogP contribution is 2.41. The van der Waals surface area contributed by atoms with Crippen molar-refractivity contribution < 1.29 is 24.2 Å². The molecule has 0 aliphatic carbocycles. The smallest absolute Gasteiger partial charge is 0.295 e. The second kappa shape index (κ2) is 9.61. The second-order valence-corrected chi connectivity index (χ2v) is 7.65. The molecule has 4 rings (SSSR count). The quantitative estimate of drug-likeness (QED) is 0.325. The molecule has 168 valence electrons. The van der Waals surface area contributed by atoms with Crippen LogP contribution in [0.1, 0.15) is 29.7 Å². The maximum Gasteiger partial charge on any atom is 0.295 e. The number of Topliss-reactive ketones (excluding diaryl/α,β-unsaturated/α-hetero) is 1. The molecule has 1 unspecified atom stereocenters. The van der Waals surface area contributed by atoms with Gasteiger partial charge in [0, 0.05) is 12.1 Å². The second-order valence-electron chi connectivity index (χ2n) is 7.65. The summed E-state index contributed by atoms with van der Waals surface area (Å²) >= 11 is 0. The molecule has 33 heavy (non-hydrogen) atoms. The van der Waals surface area contributed by atoms with Crippen LogP contribution >= 0.6 is 0 Å². The fourth-order valence-corrected chi connectivity index (χ4v) is 4.01. The average Bonchev–Trinajstić information content (AvgIpc) is 3.10. The Kier molecular flexibility index (Phi) is 6.45. The third-order valence-electron chi connectivity index (χ3n) is 5.58. The molecular formula is C27H25NO5. The zero-order chi connectivity index (χ0) is 23.4. The molecule has 1 saturated heterocycles. The van der Waals surface area contributed by atoms with Crippen molar-refractivity contribution in [2.24, 2.45) is 0 Å². The zero-order valence-corrected chi connectivity index (χ0v) is 18.5. The summed E-state index contributed by atoms with van der Waals surface area (Å²) in [5.41, 5.74) is 2.06. The van der Waals surface area contributed by atoms with E-state index in [9.17, 15) is 14.7 Å². The lowest BCUT2D eigenvalue weighted by molar-refractivity contribution is -0.140. The summed E-state index contributed by atoms with van der Waals surface area (Å²) in [5, 5.41) is 11.1. The number of carbonyl (C=O) groups excluding carboxylic acids is 2. The number of carbonyl (C=O) groups is 2. The summed E-state index contributed by atoms with van der Waals surface area (Å²) in [4.78, 5) is 27.8. The van der Waals surface area contributed by atoms with Gasteiger partial charge in [-0.15, -0.1) is 0 Å². The number of hydrogen-bond acceptors (Lipinski definition) is 5. The van der Waals surface area contributed by atoms with E-state index in [4.69, 9.17) is 9.47 Å². The van der Waals surface area contributed by atoms with Gasteiger partial charge in [0.15, 0.2) is 0 Å². The Morgan fingerprint density at radius 2 is 1.67 bits per heavy atom. The summed E-state index contributed by atoms with van der Waals surface area (Å²) in [6.45, 7) is 2.57. The maximum absolute atomic E-state index is 13.2. The van der Waals surface area contributed by atoms with Gasteiger partial charge >= 0.3 is 0 Å². The van der Waals surface area contributed by atoms with Gasteiger partial charge in [0.2, 0.25) is 0 Å². The van der Waals surface area contributed by atoms with Crippen molar-refractivity contribution in [3.05, 3.63) is 101 Å². The van der Waals surface area contributed by atoms with E-state index in [1.807, 2.05) is 43.3 Å². The van der Waals surface area contributed by atoms with Crippen LogP contribution in [0.15, 0.2) is 84.4 Å². The number of likely N-dealkylation sites (tertiary alicyclic amines) is 1. The Hall–Kier alpha value is -4.06. The van der Waals surface area contributed by atoms with E-state index in [1.54, 1.807) is 49.6 Å². The molecule has 1 atom stereocenters. The van der Waals surface area contributed by atoms with Crippen LogP contribution in [-0.4, -0.2) is 35.4 Å². The van der Waals surface area contributed by atoms with Gasteiger partial charge < -0.3 is 19.5 Å². The van der Waals surface area contributed by atoms with Gasteiger partial charge in [0.25, 0.3) is 11.7 Å². The van der Waals surface area contributed by atoms with E-state index < -0.39 is 17.7 Å². The van der Waals surface area contributed by atoms with Crippen molar-refractivity contribution in [1.82, 2.24) is 4.90 Å². The highest BCUT2D eigenvalue weighted by molar-refractivity contribution is 6.46. The molecule has 6 heteroatoms. The number of hydrogen-bond donors (Lipinski definition) is 1. The van der Waals surface area contributed by atoms with E-state index in [0.717, 1.165) is 5.56 Å². The van der Waals surface area contributed by atoms with Crippen LogP contribution in [-0.2, 0) is 16.1 Å². The molecule has 3 aromatic rings. The number of benzene rings is 3. The number of amides is 1. The Bertz CT molecular complexity index is 1180. The van der Waals surface area contributed by atoms with Crippen molar-refractivity contribution >= 4 is 17.4 Å². The fraction of sp³-hybridized carbons (Fsp3) is 0.185. The maximum atomic E-state index is 13.2. The first-order valence-corrected chi connectivity index (χ1v) is 10.7. The summed E-state index contributed by atoms with van der Waals surface area (Å²) in [5.74, 6) is -0.236. The first-order valence-electron chi connectivity index (χ1n) is 10.7. The lowest BCUT2D eigenvalue weighted by Gasteiger charge is -2.26. The van der Waals surface area contributed by atoms with Crippen molar-refractivity contribution in [3.63, 3.8) is 0 Å². The highest BCUT2D eigenvalue weighted by atomic mass is 16.5. The normalized spacial score (nSPS) is 17.3. The number of ketones is 1. The summed E-state index contributed by atoms with van der Waals surface area (Å²) in [7, 11) is 1.59. The first-order chi connectivity index (χ1) is 16.0. The van der Waals surface area contributed by atoms with Gasteiger partial charge in [-0.3, -0.25) is 9.59 Å². The molecule has 0 saturated carbocycles. The summed E-state index contributed by atoms with van der Waals surface area (Å²) in [6, 6.07) is 22.6. The molecule has 3 aromatic carbocycles. The molecule has 1 amide bonds. The lowest BCUT2D eigenvalue weighted by atomic mass is 9.95. The Morgan fingerprint density at radius 1 is 0.939 bits per heavy atom. The van der Waals surface area contributed by atoms with Crippen molar-refractivity contribution in [2.45, 2.75) is 19.5 Å². The van der Waals surface area contributed by atoms with Crippen LogP contribution < -0.4 is 9.47 Å². The number of aliphatic hydroxyl groups is 1. The van der Waals surface area contributed by atoms with Crippen LogP contribution in [0.3, 0.4) is 0 Å². The molecule has 1 fully saturated rings. The highest BCUT2D eigenvalue weighted by Gasteiger charge is 2.46. The largest absolute Gasteiger partial charge is 0.507 e.